The monoisotopic (exact) mass is 310 g/mol. The van der Waals surface area contributed by atoms with Crippen molar-refractivity contribution in [1.82, 2.24) is 10.3 Å². The van der Waals surface area contributed by atoms with Crippen LogP contribution in [0.4, 0.5) is 4.79 Å². The molecule has 1 N–H and O–H groups in total. The SMILES string of the molecule is CSCC[C@H](NC(=O)OC(C)(C)C)C(=O)c1ccccn1. The number of hydrogen-bond acceptors (Lipinski definition) is 5. The van der Waals surface area contributed by atoms with Crippen molar-refractivity contribution in [2.75, 3.05) is 12.0 Å². The molecule has 0 fully saturated rings. The van der Waals surface area contributed by atoms with Crippen molar-refractivity contribution >= 4 is 23.6 Å². The van der Waals surface area contributed by atoms with Crippen molar-refractivity contribution < 1.29 is 14.3 Å². The van der Waals surface area contributed by atoms with Gasteiger partial charge in [-0.25, -0.2) is 4.79 Å². The molecule has 21 heavy (non-hydrogen) atoms. The molecule has 0 saturated carbocycles. The van der Waals surface area contributed by atoms with Gasteiger partial charge < -0.3 is 10.1 Å². The number of pyridine rings is 1. The van der Waals surface area contributed by atoms with Crippen LogP contribution in [0.2, 0.25) is 0 Å². The van der Waals surface area contributed by atoms with Crippen LogP contribution < -0.4 is 5.32 Å². The van der Waals surface area contributed by atoms with Gasteiger partial charge in [0.2, 0.25) is 5.78 Å². The molecule has 1 amide bonds. The summed E-state index contributed by atoms with van der Waals surface area (Å²) in [6.07, 6.45) is 3.47. The van der Waals surface area contributed by atoms with Crippen molar-refractivity contribution in [2.24, 2.45) is 0 Å². The number of ketones is 1. The number of rotatable bonds is 6. The summed E-state index contributed by atoms with van der Waals surface area (Å²) in [4.78, 5) is 28.3. The topological polar surface area (TPSA) is 68.3 Å². The van der Waals surface area contributed by atoms with E-state index in [1.54, 1.807) is 56.9 Å². The van der Waals surface area contributed by atoms with Gasteiger partial charge in [-0.15, -0.1) is 0 Å². The highest BCUT2D eigenvalue weighted by atomic mass is 32.2. The Morgan fingerprint density at radius 3 is 2.62 bits per heavy atom. The highest BCUT2D eigenvalue weighted by Gasteiger charge is 2.25. The zero-order chi connectivity index (χ0) is 15.9. The molecule has 0 aliphatic carbocycles. The predicted molar refractivity (Wildman–Crippen MR) is 84.7 cm³/mol. The summed E-state index contributed by atoms with van der Waals surface area (Å²) >= 11 is 1.62. The standard InChI is InChI=1S/C15H22N2O3S/c1-15(2,3)20-14(19)17-12(8-10-21-4)13(18)11-7-5-6-9-16-11/h5-7,9,12H,8,10H2,1-4H3,(H,17,19)/t12-/m0/s1. The lowest BCUT2D eigenvalue weighted by Gasteiger charge is -2.22. The summed E-state index contributed by atoms with van der Waals surface area (Å²) in [5.74, 6) is 0.564. The minimum Gasteiger partial charge on any atom is -0.444 e. The van der Waals surface area contributed by atoms with Gasteiger partial charge in [-0.1, -0.05) is 6.07 Å². The van der Waals surface area contributed by atoms with Gasteiger partial charge in [0, 0.05) is 6.20 Å². The number of nitrogens with zero attached hydrogens (tertiary/aromatic N) is 1. The second-order valence-corrected chi connectivity index (χ2v) is 6.55. The van der Waals surface area contributed by atoms with Crippen molar-refractivity contribution in [3.8, 4) is 0 Å². The van der Waals surface area contributed by atoms with E-state index in [1.165, 1.54) is 0 Å². The van der Waals surface area contributed by atoms with Crippen LogP contribution in [0, 0.1) is 0 Å². The first-order chi connectivity index (χ1) is 9.83. The maximum Gasteiger partial charge on any atom is 0.408 e. The predicted octanol–water partition coefficient (Wildman–Crippen LogP) is 2.91. The van der Waals surface area contributed by atoms with E-state index in [-0.39, 0.29) is 5.78 Å². The number of carbonyl (C=O) groups excluding carboxylic acids is 2. The number of Topliss-reactive ketones (excluding diaryl/α,β-unsaturated/α-hetero) is 1. The second kappa shape index (κ2) is 8.02. The maximum atomic E-state index is 12.4. The van der Waals surface area contributed by atoms with E-state index in [1.807, 2.05) is 6.26 Å². The average molecular weight is 310 g/mol. The third kappa shape index (κ3) is 6.62. The maximum absolute atomic E-state index is 12.4. The molecule has 0 aliphatic heterocycles. The van der Waals surface area contributed by atoms with Crippen LogP contribution >= 0.6 is 11.8 Å². The van der Waals surface area contributed by atoms with Crippen LogP contribution in [0.15, 0.2) is 24.4 Å². The van der Waals surface area contributed by atoms with Gasteiger partial charge in [0.05, 0.1) is 6.04 Å². The lowest BCUT2D eigenvalue weighted by atomic mass is 10.1. The first kappa shape index (κ1) is 17.5. The molecular formula is C15H22N2O3S. The van der Waals surface area contributed by atoms with E-state index >= 15 is 0 Å². The molecule has 1 aromatic heterocycles. The molecule has 0 radical (unpaired) electrons. The number of hydrogen-bond donors (Lipinski definition) is 1. The molecule has 1 atom stereocenters. The van der Waals surface area contributed by atoms with Crippen molar-refractivity contribution in [1.29, 1.82) is 0 Å². The molecule has 0 aliphatic rings. The summed E-state index contributed by atoms with van der Waals surface area (Å²) in [6, 6.07) is 4.52. The second-order valence-electron chi connectivity index (χ2n) is 5.56. The van der Waals surface area contributed by atoms with E-state index < -0.39 is 17.7 Å². The van der Waals surface area contributed by atoms with Gasteiger partial charge in [0.1, 0.15) is 11.3 Å². The Balaban J connectivity index is 2.76. The molecule has 116 valence electrons. The first-order valence-electron chi connectivity index (χ1n) is 6.77. The Labute approximate surface area is 129 Å². The van der Waals surface area contributed by atoms with Crippen LogP contribution in [0.3, 0.4) is 0 Å². The van der Waals surface area contributed by atoms with Crippen LogP contribution in [0.25, 0.3) is 0 Å². The molecule has 0 spiro atoms. The van der Waals surface area contributed by atoms with E-state index in [9.17, 15) is 9.59 Å². The van der Waals surface area contributed by atoms with Gasteiger partial charge in [-0.05, 0) is 51.3 Å². The molecule has 0 unspecified atom stereocenters. The summed E-state index contributed by atoms with van der Waals surface area (Å²) in [5.41, 5.74) is -0.248. The molecule has 1 heterocycles. The number of aromatic nitrogens is 1. The Hall–Kier alpha value is -1.56. The quantitative estimate of drug-likeness (QED) is 0.818. The summed E-state index contributed by atoms with van der Waals surface area (Å²) in [5, 5.41) is 2.64. The van der Waals surface area contributed by atoms with Crippen LogP contribution in [0.5, 0.6) is 0 Å². The Kier molecular flexibility index (Phi) is 6.68. The zero-order valence-corrected chi connectivity index (χ0v) is 13.7. The van der Waals surface area contributed by atoms with Gasteiger partial charge in [-0.2, -0.15) is 11.8 Å². The highest BCUT2D eigenvalue weighted by molar-refractivity contribution is 7.98. The Morgan fingerprint density at radius 2 is 2.10 bits per heavy atom. The van der Waals surface area contributed by atoms with Crippen molar-refractivity contribution in [3.63, 3.8) is 0 Å². The number of alkyl carbamates (subject to hydrolysis) is 1. The molecule has 1 aromatic rings. The molecular weight excluding hydrogens is 288 g/mol. The highest BCUT2D eigenvalue weighted by Crippen LogP contribution is 2.10. The minimum absolute atomic E-state index is 0.199. The van der Waals surface area contributed by atoms with Gasteiger partial charge in [0.25, 0.3) is 0 Å². The molecule has 0 aromatic carbocycles. The first-order valence-corrected chi connectivity index (χ1v) is 8.16. The number of amides is 1. The molecule has 1 rings (SSSR count). The molecule has 5 nitrogen and oxygen atoms in total. The number of nitrogens with one attached hydrogen (secondary N) is 1. The number of carbonyl (C=O) groups is 2. The van der Waals surface area contributed by atoms with Crippen LogP contribution in [0.1, 0.15) is 37.7 Å². The Bertz CT molecular complexity index is 472. The normalized spacial score (nSPS) is 12.6. The fraction of sp³-hybridized carbons (Fsp3) is 0.533. The third-order valence-electron chi connectivity index (χ3n) is 2.54. The molecule has 0 bridgehead atoms. The van der Waals surface area contributed by atoms with E-state index in [2.05, 4.69) is 10.3 Å². The smallest absolute Gasteiger partial charge is 0.408 e. The van der Waals surface area contributed by atoms with E-state index in [0.29, 0.717) is 12.1 Å². The molecule has 0 saturated heterocycles. The third-order valence-corrected chi connectivity index (χ3v) is 3.18. The Morgan fingerprint density at radius 1 is 1.38 bits per heavy atom. The zero-order valence-electron chi connectivity index (χ0n) is 12.9. The van der Waals surface area contributed by atoms with E-state index in [0.717, 1.165) is 5.75 Å². The van der Waals surface area contributed by atoms with E-state index in [4.69, 9.17) is 4.74 Å². The largest absolute Gasteiger partial charge is 0.444 e. The summed E-state index contributed by atoms with van der Waals surface area (Å²) in [6.45, 7) is 5.35. The lowest BCUT2D eigenvalue weighted by molar-refractivity contribution is 0.0490. The number of ether oxygens (including phenoxy) is 1. The lowest BCUT2D eigenvalue weighted by Crippen LogP contribution is -2.44. The van der Waals surface area contributed by atoms with Gasteiger partial charge in [-0.3, -0.25) is 9.78 Å². The van der Waals surface area contributed by atoms with Crippen molar-refractivity contribution in [2.45, 2.75) is 38.8 Å². The van der Waals surface area contributed by atoms with Crippen LogP contribution in [-0.2, 0) is 4.74 Å². The summed E-state index contributed by atoms with van der Waals surface area (Å²) < 4.78 is 5.20. The fourth-order valence-electron chi connectivity index (χ4n) is 1.64. The molecule has 6 heteroatoms. The number of thioether (sulfide) groups is 1. The van der Waals surface area contributed by atoms with Gasteiger partial charge in [0.15, 0.2) is 0 Å². The average Bonchev–Trinajstić information content (AvgIpc) is 2.41. The summed E-state index contributed by atoms with van der Waals surface area (Å²) in [7, 11) is 0. The van der Waals surface area contributed by atoms with Gasteiger partial charge >= 0.3 is 6.09 Å². The van der Waals surface area contributed by atoms with Crippen molar-refractivity contribution in [3.05, 3.63) is 30.1 Å². The fourth-order valence-corrected chi connectivity index (χ4v) is 2.11. The van der Waals surface area contributed by atoms with Crippen LogP contribution in [-0.4, -0.2) is 40.5 Å². The minimum atomic E-state index is -0.623.